The van der Waals surface area contributed by atoms with Crippen molar-refractivity contribution >= 4 is 22.8 Å². The molecular formula is C14H26N4O2S. The molecule has 0 aliphatic rings. The van der Waals surface area contributed by atoms with Crippen molar-refractivity contribution in [3.05, 3.63) is 5.82 Å². The number of hydrogen-bond acceptors (Lipinski definition) is 6. The van der Waals surface area contributed by atoms with Gasteiger partial charge in [0, 0.05) is 38.1 Å². The maximum Gasteiger partial charge on any atom is 0.410 e. The zero-order valence-corrected chi connectivity index (χ0v) is 14.6. The van der Waals surface area contributed by atoms with Crippen LogP contribution < -0.4 is 5.32 Å². The quantitative estimate of drug-likeness (QED) is 0.874. The number of amides is 1. The van der Waals surface area contributed by atoms with Crippen LogP contribution in [-0.2, 0) is 11.2 Å². The Labute approximate surface area is 131 Å². The molecule has 6 nitrogen and oxygen atoms in total. The lowest BCUT2D eigenvalue weighted by Gasteiger charge is -2.26. The van der Waals surface area contributed by atoms with E-state index in [4.69, 9.17) is 4.74 Å². The first-order valence-electron chi connectivity index (χ1n) is 7.21. The Hall–Kier alpha value is -1.37. The Morgan fingerprint density at radius 1 is 1.48 bits per heavy atom. The number of ether oxygens (including phenoxy) is 1. The number of nitrogens with one attached hydrogen (secondary N) is 1. The van der Waals surface area contributed by atoms with E-state index in [1.54, 1.807) is 11.9 Å². The van der Waals surface area contributed by atoms with Crippen LogP contribution in [-0.4, -0.2) is 46.1 Å². The Balaban J connectivity index is 2.35. The highest BCUT2D eigenvalue weighted by Crippen LogP contribution is 2.13. The van der Waals surface area contributed by atoms with Crippen molar-refractivity contribution in [1.82, 2.24) is 14.3 Å². The van der Waals surface area contributed by atoms with Crippen LogP contribution in [0.5, 0.6) is 0 Å². The minimum Gasteiger partial charge on any atom is -0.444 e. The number of anilines is 1. The van der Waals surface area contributed by atoms with Crippen molar-refractivity contribution in [1.29, 1.82) is 0 Å². The van der Waals surface area contributed by atoms with Crippen molar-refractivity contribution in [3.63, 3.8) is 0 Å². The van der Waals surface area contributed by atoms with Crippen LogP contribution in [0.15, 0.2) is 0 Å². The average molecular weight is 314 g/mol. The Kier molecular flexibility index (Phi) is 6.39. The second kappa shape index (κ2) is 7.59. The number of carbonyl (C=O) groups excluding carboxylic acids is 1. The van der Waals surface area contributed by atoms with Gasteiger partial charge < -0.3 is 15.0 Å². The van der Waals surface area contributed by atoms with Crippen molar-refractivity contribution in [2.24, 2.45) is 5.92 Å². The molecule has 0 unspecified atom stereocenters. The highest BCUT2D eigenvalue weighted by Gasteiger charge is 2.20. The van der Waals surface area contributed by atoms with Gasteiger partial charge in [0.15, 0.2) is 0 Å². The zero-order valence-electron chi connectivity index (χ0n) is 13.8. The van der Waals surface area contributed by atoms with Crippen LogP contribution in [0.1, 0.15) is 40.4 Å². The molecule has 120 valence electrons. The maximum atomic E-state index is 11.9. The fourth-order valence-corrected chi connectivity index (χ4v) is 2.33. The molecule has 0 aliphatic carbocycles. The third-order valence-corrected chi connectivity index (χ3v) is 3.39. The molecule has 0 bridgehead atoms. The van der Waals surface area contributed by atoms with Gasteiger partial charge in [-0.2, -0.15) is 4.37 Å². The van der Waals surface area contributed by atoms with Gasteiger partial charge in [0.05, 0.1) is 0 Å². The van der Waals surface area contributed by atoms with E-state index in [9.17, 15) is 4.79 Å². The van der Waals surface area contributed by atoms with Gasteiger partial charge in [0.2, 0.25) is 5.13 Å². The second-order valence-electron chi connectivity index (χ2n) is 6.22. The summed E-state index contributed by atoms with van der Waals surface area (Å²) in [4.78, 5) is 17.8. The molecule has 1 heterocycles. The molecule has 1 aromatic heterocycles. The van der Waals surface area contributed by atoms with E-state index in [0.717, 1.165) is 23.9 Å². The molecule has 0 fully saturated rings. The van der Waals surface area contributed by atoms with Gasteiger partial charge in [-0.25, -0.2) is 9.78 Å². The van der Waals surface area contributed by atoms with Crippen molar-refractivity contribution in [2.45, 2.75) is 46.6 Å². The lowest BCUT2D eigenvalue weighted by molar-refractivity contribution is 0.0279. The number of aryl methyl sites for hydroxylation is 1. The maximum absolute atomic E-state index is 11.9. The van der Waals surface area contributed by atoms with E-state index >= 15 is 0 Å². The first kappa shape index (κ1) is 17.7. The number of nitrogens with zero attached hydrogens (tertiary/aromatic N) is 3. The number of aromatic nitrogens is 2. The van der Waals surface area contributed by atoms with Gasteiger partial charge in [0.1, 0.15) is 11.4 Å². The van der Waals surface area contributed by atoms with Crippen molar-refractivity contribution in [3.8, 4) is 0 Å². The monoisotopic (exact) mass is 314 g/mol. The third kappa shape index (κ3) is 6.75. The van der Waals surface area contributed by atoms with Gasteiger partial charge in [-0.1, -0.05) is 13.8 Å². The lowest BCUT2D eigenvalue weighted by Crippen LogP contribution is -2.37. The summed E-state index contributed by atoms with van der Waals surface area (Å²) in [6.07, 6.45) is 0.549. The Morgan fingerprint density at radius 2 is 2.14 bits per heavy atom. The zero-order chi connectivity index (χ0) is 16.0. The highest BCUT2D eigenvalue weighted by molar-refractivity contribution is 7.09. The first-order chi connectivity index (χ1) is 9.71. The fraction of sp³-hybridized carbons (Fsp3) is 0.786. The van der Waals surface area contributed by atoms with E-state index < -0.39 is 5.60 Å². The minimum absolute atomic E-state index is 0.288. The summed E-state index contributed by atoms with van der Waals surface area (Å²) in [6.45, 7) is 11.1. The van der Waals surface area contributed by atoms with Crippen molar-refractivity contribution in [2.75, 3.05) is 25.5 Å². The number of rotatable bonds is 6. The van der Waals surface area contributed by atoms with Gasteiger partial charge in [0.25, 0.3) is 0 Å². The molecule has 1 rings (SSSR count). The van der Waals surface area contributed by atoms with E-state index in [1.165, 1.54) is 11.5 Å². The van der Waals surface area contributed by atoms with E-state index in [1.807, 2.05) is 27.7 Å². The molecule has 1 aromatic rings. The van der Waals surface area contributed by atoms with E-state index in [2.05, 4.69) is 21.6 Å². The van der Waals surface area contributed by atoms with Gasteiger partial charge >= 0.3 is 6.09 Å². The fourth-order valence-electron chi connectivity index (χ4n) is 1.68. The molecule has 1 amide bonds. The molecule has 0 radical (unpaired) electrons. The molecule has 1 atom stereocenters. The van der Waals surface area contributed by atoms with Gasteiger partial charge in [-0.3, -0.25) is 0 Å². The molecule has 0 saturated carbocycles. The summed E-state index contributed by atoms with van der Waals surface area (Å²) >= 11 is 1.37. The number of hydrogen-bond donors (Lipinski definition) is 1. The summed E-state index contributed by atoms with van der Waals surface area (Å²) in [6, 6.07) is 0. The summed E-state index contributed by atoms with van der Waals surface area (Å²) in [5, 5.41) is 4.09. The van der Waals surface area contributed by atoms with E-state index in [0.29, 0.717) is 6.54 Å². The molecule has 0 spiro atoms. The van der Waals surface area contributed by atoms with Gasteiger partial charge in [-0.15, -0.1) is 0 Å². The topological polar surface area (TPSA) is 67.4 Å². The largest absolute Gasteiger partial charge is 0.444 e. The predicted molar refractivity (Wildman–Crippen MR) is 85.8 cm³/mol. The molecular weight excluding hydrogens is 288 g/mol. The average Bonchev–Trinajstić information content (AvgIpc) is 2.82. The predicted octanol–water partition coefficient (Wildman–Crippen LogP) is 3.02. The SMILES string of the molecule is CCc1nsc(NC[C@H](C)CN(C)C(=O)OC(C)(C)C)n1. The van der Waals surface area contributed by atoms with Crippen LogP contribution in [0, 0.1) is 5.92 Å². The highest BCUT2D eigenvalue weighted by atomic mass is 32.1. The Bertz CT molecular complexity index is 456. The molecule has 0 aliphatic heterocycles. The normalized spacial score (nSPS) is 12.9. The standard InChI is InChI=1S/C14H26N4O2S/c1-7-11-16-12(21-17-11)15-8-10(2)9-18(6)13(19)20-14(3,4)5/h10H,7-9H2,1-6H3,(H,15,16,17)/t10-/m0/s1. The van der Waals surface area contributed by atoms with Crippen LogP contribution in [0.3, 0.4) is 0 Å². The molecule has 21 heavy (non-hydrogen) atoms. The van der Waals surface area contributed by atoms with E-state index in [-0.39, 0.29) is 12.0 Å². The molecule has 7 heteroatoms. The smallest absolute Gasteiger partial charge is 0.410 e. The van der Waals surface area contributed by atoms with Crippen molar-refractivity contribution < 1.29 is 9.53 Å². The Morgan fingerprint density at radius 3 is 2.67 bits per heavy atom. The second-order valence-corrected chi connectivity index (χ2v) is 6.97. The summed E-state index contributed by atoms with van der Waals surface area (Å²) in [5.41, 5.74) is -0.462. The molecule has 0 saturated heterocycles. The van der Waals surface area contributed by atoms with Crippen LogP contribution in [0.25, 0.3) is 0 Å². The minimum atomic E-state index is -0.462. The molecule has 1 N–H and O–H groups in total. The molecule has 0 aromatic carbocycles. The summed E-state index contributed by atoms with van der Waals surface area (Å²) < 4.78 is 9.55. The van der Waals surface area contributed by atoms with Crippen LogP contribution >= 0.6 is 11.5 Å². The third-order valence-electron chi connectivity index (χ3n) is 2.68. The number of carbonyl (C=O) groups is 1. The first-order valence-corrected chi connectivity index (χ1v) is 7.99. The summed E-state index contributed by atoms with van der Waals surface area (Å²) in [7, 11) is 1.75. The summed E-state index contributed by atoms with van der Waals surface area (Å²) in [5.74, 6) is 1.15. The lowest BCUT2D eigenvalue weighted by atomic mass is 10.1. The van der Waals surface area contributed by atoms with Gasteiger partial charge in [-0.05, 0) is 26.7 Å². The van der Waals surface area contributed by atoms with Crippen LogP contribution in [0.4, 0.5) is 9.93 Å². The van der Waals surface area contributed by atoms with Crippen LogP contribution in [0.2, 0.25) is 0 Å².